The molecule has 1 atom stereocenters. The number of rotatable bonds is 10. The Labute approximate surface area is 196 Å². The molecule has 3 aromatic carbocycles. The molecule has 0 N–H and O–H groups in total. The van der Waals surface area contributed by atoms with Crippen LogP contribution in [0.2, 0.25) is 0 Å². The molecule has 0 saturated heterocycles. The molecule has 0 aromatic heterocycles. The molecule has 3 rings (SSSR count). The highest BCUT2D eigenvalue weighted by Gasteiger charge is 2.69. The van der Waals surface area contributed by atoms with E-state index in [1.807, 2.05) is 0 Å². The molecule has 1 unspecified atom stereocenters. The molecule has 0 fully saturated rings. The number of carbonyl (C=O) groups is 1. The number of halogens is 3. The second-order valence-corrected chi connectivity index (χ2v) is 9.73. The Balaban J connectivity index is 2.11. The lowest BCUT2D eigenvalue weighted by Crippen LogP contribution is -2.48. The Hall–Kier alpha value is -3.25. The summed E-state index contributed by atoms with van der Waals surface area (Å²) in [4.78, 5) is 13.0. The van der Waals surface area contributed by atoms with Gasteiger partial charge in [-0.05, 0) is 55.0 Å². The van der Waals surface area contributed by atoms with Gasteiger partial charge in [-0.15, -0.1) is 0 Å². The molecule has 0 aliphatic carbocycles. The van der Waals surface area contributed by atoms with E-state index >= 15 is 0 Å². The summed E-state index contributed by atoms with van der Waals surface area (Å²) in [5.41, 5.74) is 0.0221. The van der Waals surface area contributed by atoms with Gasteiger partial charge in [0.2, 0.25) is 0 Å². The number of hydrogen-bond acceptors (Lipinski definition) is 5. The highest BCUT2D eigenvalue weighted by atomic mass is 31.2. The van der Waals surface area contributed by atoms with Crippen LogP contribution in [0.15, 0.2) is 84.9 Å². The average molecular weight is 492 g/mol. The van der Waals surface area contributed by atoms with Crippen LogP contribution in [0, 0.1) is 0 Å². The topological polar surface area (TPSA) is 61.8 Å². The number of ether oxygens (including phenoxy) is 1. The average Bonchev–Trinajstić information content (AvgIpc) is 2.82. The van der Waals surface area contributed by atoms with Gasteiger partial charge in [0.05, 0.1) is 7.11 Å². The maximum absolute atomic E-state index is 14.8. The van der Waals surface area contributed by atoms with E-state index in [9.17, 15) is 22.5 Å². The van der Waals surface area contributed by atoms with Crippen LogP contribution in [-0.4, -0.2) is 24.2 Å². The van der Waals surface area contributed by atoms with Crippen LogP contribution in [0.25, 0.3) is 0 Å². The molecule has 0 aliphatic heterocycles. The Kier molecular flexibility index (Phi) is 7.72. The normalized spacial score (nSPS) is 13.6. The molecule has 0 amide bonds. The van der Waals surface area contributed by atoms with E-state index in [0.717, 1.165) is 0 Å². The first-order valence-corrected chi connectivity index (χ1v) is 12.0. The number of alkyl halides is 3. The number of benzene rings is 3. The van der Waals surface area contributed by atoms with Gasteiger partial charge in [0.25, 0.3) is 0 Å². The van der Waals surface area contributed by atoms with Crippen LogP contribution < -0.4 is 13.8 Å². The van der Waals surface area contributed by atoms with Crippen molar-refractivity contribution in [1.29, 1.82) is 0 Å². The molecule has 0 spiro atoms. The van der Waals surface area contributed by atoms with E-state index in [4.69, 9.17) is 13.8 Å². The van der Waals surface area contributed by atoms with Gasteiger partial charge in [-0.2, -0.15) is 13.2 Å². The van der Waals surface area contributed by atoms with Crippen molar-refractivity contribution in [2.75, 3.05) is 7.11 Å². The van der Waals surface area contributed by atoms with Crippen molar-refractivity contribution in [3.8, 4) is 17.2 Å². The van der Waals surface area contributed by atoms with Crippen molar-refractivity contribution < 1.29 is 36.3 Å². The van der Waals surface area contributed by atoms with Crippen LogP contribution >= 0.6 is 7.60 Å². The first kappa shape index (κ1) is 25.4. The third-order valence-electron chi connectivity index (χ3n) is 5.44. The highest BCUT2D eigenvalue weighted by Crippen LogP contribution is 2.67. The maximum atomic E-state index is 14.8. The zero-order valence-corrected chi connectivity index (χ0v) is 19.5. The molecule has 34 heavy (non-hydrogen) atoms. The molecule has 180 valence electrons. The summed E-state index contributed by atoms with van der Waals surface area (Å²) in [5.74, 6) is -0.545. The summed E-state index contributed by atoms with van der Waals surface area (Å²) in [6.07, 6.45) is -6.94. The Morgan fingerprint density at radius 3 is 1.65 bits per heavy atom. The molecule has 0 radical (unpaired) electrons. The van der Waals surface area contributed by atoms with Crippen molar-refractivity contribution in [2.24, 2.45) is 0 Å². The summed E-state index contributed by atoms with van der Waals surface area (Å²) in [6, 6.07) is 20.6. The molecule has 3 aromatic rings. The van der Waals surface area contributed by atoms with Gasteiger partial charge in [-0.1, -0.05) is 43.3 Å². The molecule has 0 heterocycles. The second kappa shape index (κ2) is 10.3. The van der Waals surface area contributed by atoms with Gasteiger partial charge in [0, 0.05) is 12.0 Å². The smallest absolute Gasteiger partial charge is 0.446 e. The predicted molar refractivity (Wildman–Crippen MR) is 123 cm³/mol. The van der Waals surface area contributed by atoms with Crippen molar-refractivity contribution in [1.82, 2.24) is 0 Å². The Morgan fingerprint density at radius 2 is 1.26 bits per heavy atom. The summed E-state index contributed by atoms with van der Waals surface area (Å²) in [6.45, 7) is 1.21. The van der Waals surface area contributed by atoms with Gasteiger partial charge in [-0.25, -0.2) is 4.57 Å². The van der Waals surface area contributed by atoms with Gasteiger partial charge >= 0.3 is 13.8 Å². The highest BCUT2D eigenvalue weighted by molar-refractivity contribution is 7.56. The first-order valence-electron chi connectivity index (χ1n) is 10.5. The van der Waals surface area contributed by atoms with E-state index in [-0.39, 0.29) is 17.1 Å². The summed E-state index contributed by atoms with van der Waals surface area (Å²) in [7, 11) is -3.65. The number of Topliss-reactive ketones (excluding diaryl/α,β-unsaturated/α-hetero) is 1. The third-order valence-corrected chi connectivity index (χ3v) is 8.12. The number of ketones is 1. The lowest BCUT2D eigenvalue weighted by Gasteiger charge is -2.39. The van der Waals surface area contributed by atoms with Gasteiger partial charge in [0.1, 0.15) is 17.2 Å². The first-order chi connectivity index (χ1) is 16.1. The molecule has 0 saturated carbocycles. The van der Waals surface area contributed by atoms with Crippen LogP contribution in [0.4, 0.5) is 13.2 Å². The van der Waals surface area contributed by atoms with E-state index in [1.54, 1.807) is 12.1 Å². The lowest BCUT2D eigenvalue weighted by atomic mass is 9.94. The SMILES string of the molecule is CCC(CC(=O)c1ccc(OC)cc1)(C(F)(F)F)P(=O)(Oc1ccccc1)Oc1ccccc1. The Bertz CT molecular complexity index is 1090. The van der Waals surface area contributed by atoms with Gasteiger partial charge in [-0.3, -0.25) is 4.79 Å². The summed E-state index contributed by atoms with van der Waals surface area (Å²) >= 11 is 0. The minimum Gasteiger partial charge on any atom is -0.497 e. The zero-order chi connectivity index (χ0) is 24.8. The summed E-state index contributed by atoms with van der Waals surface area (Å²) < 4.78 is 74.5. The van der Waals surface area contributed by atoms with Gasteiger partial charge in [0.15, 0.2) is 10.9 Å². The van der Waals surface area contributed by atoms with Crippen LogP contribution in [-0.2, 0) is 4.57 Å². The predicted octanol–water partition coefficient (Wildman–Crippen LogP) is 7.33. The number of hydrogen-bond donors (Lipinski definition) is 0. The van der Waals surface area contributed by atoms with Gasteiger partial charge < -0.3 is 13.8 Å². The zero-order valence-electron chi connectivity index (χ0n) is 18.6. The Morgan fingerprint density at radius 1 is 0.794 bits per heavy atom. The third kappa shape index (κ3) is 5.28. The van der Waals surface area contributed by atoms with E-state index < -0.39 is 37.6 Å². The number of methoxy groups -OCH3 is 1. The van der Waals surface area contributed by atoms with Crippen molar-refractivity contribution in [3.05, 3.63) is 90.5 Å². The van der Waals surface area contributed by atoms with E-state index in [2.05, 4.69) is 0 Å². The monoisotopic (exact) mass is 492 g/mol. The van der Waals surface area contributed by atoms with Crippen molar-refractivity contribution in [2.45, 2.75) is 31.1 Å². The number of para-hydroxylation sites is 2. The standard InChI is InChI=1S/C25H24F3O5P/c1-3-24(25(26,27)28,18-23(29)19-14-16-20(31-2)17-15-19)34(30,32-21-10-6-4-7-11-21)33-22-12-8-5-9-13-22/h4-17H,3,18H2,1-2H3. The van der Waals surface area contributed by atoms with Crippen molar-refractivity contribution in [3.63, 3.8) is 0 Å². The van der Waals surface area contributed by atoms with Crippen LogP contribution in [0.3, 0.4) is 0 Å². The molecule has 0 bridgehead atoms. The molecule has 5 nitrogen and oxygen atoms in total. The molecule has 0 aliphatic rings. The quantitative estimate of drug-likeness (QED) is 0.219. The minimum absolute atomic E-state index is 0.0221. The van der Waals surface area contributed by atoms with Crippen LogP contribution in [0.5, 0.6) is 17.2 Å². The lowest BCUT2D eigenvalue weighted by molar-refractivity contribution is -0.166. The number of carbonyl (C=O) groups excluding carboxylic acids is 1. The molecular formula is C25H24F3O5P. The van der Waals surface area contributed by atoms with Crippen molar-refractivity contribution >= 4 is 13.4 Å². The second-order valence-electron chi connectivity index (χ2n) is 7.52. The molecule has 9 heteroatoms. The van der Waals surface area contributed by atoms with Crippen LogP contribution in [0.1, 0.15) is 30.1 Å². The summed E-state index contributed by atoms with van der Waals surface area (Å²) in [5, 5.41) is -3.11. The van der Waals surface area contributed by atoms with E-state index in [0.29, 0.717) is 5.75 Å². The fourth-order valence-corrected chi connectivity index (χ4v) is 5.67. The molecular weight excluding hydrogens is 468 g/mol. The fraction of sp³-hybridized carbons (Fsp3) is 0.240. The fourth-order valence-electron chi connectivity index (χ4n) is 3.45. The van der Waals surface area contributed by atoms with E-state index in [1.165, 1.54) is 86.8 Å². The maximum Gasteiger partial charge on any atom is 0.446 e. The minimum atomic E-state index is -5.09. The largest absolute Gasteiger partial charge is 0.497 e.